The third-order valence-electron chi connectivity index (χ3n) is 5.91. The summed E-state index contributed by atoms with van der Waals surface area (Å²) in [6, 6.07) is 12.6. The molecule has 3 rings (SSSR count). The zero-order valence-corrected chi connectivity index (χ0v) is 26.7. The number of pyridine rings is 1. The second-order valence-corrected chi connectivity index (χ2v) is 10.2. The zero-order chi connectivity index (χ0) is 29.0. The van der Waals surface area contributed by atoms with Crippen molar-refractivity contribution in [1.29, 1.82) is 5.26 Å². The van der Waals surface area contributed by atoms with Crippen molar-refractivity contribution in [2.75, 3.05) is 13.1 Å². The Morgan fingerprint density at radius 1 is 0.865 bits per heavy atom. The fourth-order valence-electron chi connectivity index (χ4n) is 3.94. The van der Waals surface area contributed by atoms with Crippen molar-refractivity contribution in [3.63, 3.8) is 0 Å². The number of nitriles is 1. The molecule has 0 N–H and O–H groups in total. The van der Waals surface area contributed by atoms with Gasteiger partial charge in [-0.15, -0.1) is 0 Å². The van der Waals surface area contributed by atoms with Crippen LogP contribution in [0.3, 0.4) is 0 Å². The molecule has 3 heteroatoms. The van der Waals surface area contributed by atoms with Gasteiger partial charge in [-0.1, -0.05) is 102 Å². The molecule has 0 atom stereocenters. The molecule has 0 unspecified atom stereocenters. The molecule has 1 aromatic heterocycles. The van der Waals surface area contributed by atoms with Crippen LogP contribution in [0.5, 0.6) is 0 Å². The minimum Gasteiger partial charge on any atom is -0.299 e. The Kier molecular flexibility index (Phi) is 21.8. The summed E-state index contributed by atoms with van der Waals surface area (Å²) in [5.74, 6) is 2.94. The van der Waals surface area contributed by atoms with E-state index >= 15 is 0 Å². The molecule has 0 aliphatic carbocycles. The molecular weight excluding hydrogens is 450 g/mol. The predicted molar refractivity (Wildman–Crippen MR) is 166 cm³/mol. The van der Waals surface area contributed by atoms with Crippen LogP contribution in [0.1, 0.15) is 125 Å². The highest BCUT2D eigenvalue weighted by atomic mass is 15.1. The fraction of sp³-hybridized carbons (Fsp3) is 0.647. The fourth-order valence-corrected chi connectivity index (χ4v) is 3.94. The van der Waals surface area contributed by atoms with E-state index in [1.54, 1.807) is 0 Å². The average molecular weight is 510 g/mol. The maximum Gasteiger partial charge on any atom is 0.0998 e. The van der Waals surface area contributed by atoms with Crippen LogP contribution >= 0.6 is 0 Å². The van der Waals surface area contributed by atoms with Gasteiger partial charge < -0.3 is 0 Å². The Hall–Kier alpha value is -2.18. The second-order valence-electron chi connectivity index (χ2n) is 10.2. The molecule has 0 bridgehead atoms. The van der Waals surface area contributed by atoms with Gasteiger partial charge in [0.25, 0.3) is 0 Å². The second kappa shape index (κ2) is 21.9. The first-order chi connectivity index (χ1) is 17.7. The van der Waals surface area contributed by atoms with Gasteiger partial charge in [-0.3, -0.25) is 9.88 Å². The molecular formula is C34H59N3. The number of hydrogen-bond acceptors (Lipinski definition) is 3. The zero-order valence-electron chi connectivity index (χ0n) is 26.7. The smallest absolute Gasteiger partial charge is 0.0998 e. The van der Waals surface area contributed by atoms with Gasteiger partial charge in [-0.2, -0.15) is 5.26 Å². The number of nitrogens with zero attached hydrogens (tertiary/aromatic N) is 3. The molecule has 1 aliphatic heterocycles. The molecule has 0 saturated carbocycles. The van der Waals surface area contributed by atoms with Gasteiger partial charge in [0.15, 0.2) is 0 Å². The summed E-state index contributed by atoms with van der Waals surface area (Å²) < 4.78 is 0. The van der Waals surface area contributed by atoms with Crippen LogP contribution < -0.4 is 0 Å². The van der Waals surface area contributed by atoms with E-state index in [9.17, 15) is 5.26 Å². The van der Waals surface area contributed by atoms with Crippen LogP contribution in [0.25, 0.3) is 11.3 Å². The van der Waals surface area contributed by atoms with E-state index in [0.29, 0.717) is 11.5 Å². The van der Waals surface area contributed by atoms with Crippen molar-refractivity contribution < 1.29 is 0 Å². The Bertz CT molecular complexity index is 834. The number of piperidine rings is 1. The summed E-state index contributed by atoms with van der Waals surface area (Å²) >= 11 is 0. The molecule has 2 aromatic rings. The summed E-state index contributed by atoms with van der Waals surface area (Å²) in [6.07, 6.45) is 4.58. The number of benzene rings is 1. The lowest BCUT2D eigenvalue weighted by molar-refractivity contribution is 0.152. The number of rotatable bonds is 5. The Labute approximate surface area is 231 Å². The Morgan fingerprint density at radius 2 is 1.41 bits per heavy atom. The van der Waals surface area contributed by atoms with Crippen LogP contribution in [-0.2, 0) is 6.54 Å². The van der Waals surface area contributed by atoms with Crippen LogP contribution in [0.2, 0.25) is 0 Å². The van der Waals surface area contributed by atoms with E-state index in [4.69, 9.17) is 0 Å². The molecule has 0 amide bonds. The van der Waals surface area contributed by atoms with E-state index in [1.165, 1.54) is 37.1 Å². The highest BCUT2D eigenvalue weighted by molar-refractivity contribution is 5.68. The third-order valence-corrected chi connectivity index (χ3v) is 5.91. The van der Waals surface area contributed by atoms with Gasteiger partial charge >= 0.3 is 0 Å². The first-order valence-corrected chi connectivity index (χ1v) is 14.9. The van der Waals surface area contributed by atoms with E-state index < -0.39 is 0 Å². The maximum absolute atomic E-state index is 9.46. The lowest BCUT2D eigenvalue weighted by Gasteiger charge is -2.33. The van der Waals surface area contributed by atoms with E-state index in [2.05, 4.69) is 82.6 Å². The lowest BCUT2D eigenvalue weighted by Crippen LogP contribution is -2.34. The summed E-state index contributed by atoms with van der Waals surface area (Å²) in [5, 5.41) is 9.46. The summed E-state index contributed by atoms with van der Waals surface area (Å²) in [7, 11) is 0. The molecule has 0 spiro atoms. The van der Waals surface area contributed by atoms with Crippen LogP contribution in [0, 0.1) is 29.1 Å². The van der Waals surface area contributed by atoms with Gasteiger partial charge in [0.2, 0.25) is 0 Å². The summed E-state index contributed by atoms with van der Waals surface area (Å²) in [6.45, 7) is 30.8. The molecule has 210 valence electrons. The SMILES string of the molecule is CC.CC.CC.CC(C)C.CC(C)c1ccc(C#N)c(-c2ccc(CN3CCC(C(C)C)CC3)cn2)c1. The summed E-state index contributed by atoms with van der Waals surface area (Å²) in [5.41, 5.74) is 5.00. The molecule has 1 aliphatic rings. The topological polar surface area (TPSA) is 39.9 Å². The Morgan fingerprint density at radius 3 is 1.81 bits per heavy atom. The van der Waals surface area contributed by atoms with Crippen molar-refractivity contribution in [3.8, 4) is 17.3 Å². The van der Waals surface area contributed by atoms with E-state index in [0.717, 1.165) is 35.6 Å². The quantitative estimate of drug-likeness (QED) is 0.402. The molecule has 37 heavy (non-hydrogen) atoms. The first-order valence-electron chi connectivity index (χ1n) is 14.9. The standard InChI is InChI=1S/C24H31N3.C4H10.3C2H6/c1-17(2)20-9-11-27(12-10-20)16-19-5-8-24(26-15-19)23-13-21(18(3)4)6-7-22(23)14-25;1-4(2)3;3*1-2/h5-8,13,15,17-18,20H,9-12,16H2,1-4H3;4H,1-3H3;3*1-2H3. The maximum atomic E-state index is 9.46. The summed E-state index contributed by atoms with van der Waals surface area (Å²) in [4.78, 5) is 7.23. The Balaban J connectivity index is 0. The van der Waals surface area contributed by atoms with Gasteiger partial charge in [0.1, 0.15) is 0 Å². The monoisotopic (exact) mass is 509 g/mol. The van der Waals surface area contributed by atoms with E-state index in [1.807, 2.05) is 59.9 Å². The predicted octanol–water partition coefficient (Wildman–Crippen LogP) is 10.4. The molecule has 2 heterocycles. The molecule has 0 radical (unpaired) electrons. The van der Waals surface area contributed by atoms with Crippen molar-refractivity contribution in [1.82, 2.24) is 9.88 Å². The van der Waals surface area contributed by atoms with E-state index in [-0.39, 0.29) is 0 Å². The number of likely N-dealkylation sites (tertiary alicyclic amines) is 1. The van der Waals surface area contributed by atoms with Crippen LogP contribution in [-0.4, -0.2) is 23.0 Å². The average Bonchev–Trinajstić information content (AvgIpc) is 2.92. The van der Waals surface area contributed by atoms with Gasteiger partial charge in [-0.05, 0) is 78.9 Å². The van der Waals surface area contributed by atoms with Gasteiger partial charge in [0, 0.05) is 18.3 Å². The normalized spacial score (nSPS) is 13.2. The van der Waals surface area contributed by atoms with Gasteiger partial charge in [-0.25, -0.2) is 0 Å². The minimum atomic E-state index is 0.435. The minimum absolute atomic E-state index is 0.435. The molecule has 1 fully saturated rings. The lowest BCUT2D eigenvalue weighted by atomic mass is 9.86. The van der Waals surface area contributed by atoms with Crippen LogP contribution in [0.15, 0.2) is 36.5 Å². The molecule has 1 aromatic carbocycles. The first kappa shape index (κ1) is 37.0. The van der Waals surface area contributed by atoms with Crippen molar-refractivity contribution in [2.24, 2.45) is 17.8 Å². The molecule has 1 saturated heterocycles. The highest BCUT2D eigenvalue weighted by Gasteiger charge is 2.21. The number of aromatic nitrogens is 1. The van der Waals surface area contributed by atoms with Gasteiger partial charge in [0.05, 0.1) is 17.3 Å². The van der Waals surface area contributed by atoms with Crippen LogP contribution in [0.4, 0.5) is 0 Å². The van der Waals surface area contributed by atoms with Crippen molar-refractivity contribution in [2.45, 2.75) is 115 Å². The highest BCUT2D eigenvalue weighted by Crippen LogP contribution is 2.28. The van der Waals surface area contributed by atoms with Crippen molar-refractivity contribution >= 4 is 0 Å². The van der Waals surface area contributed by atoms with Crippen molar-refractivity contribution in [3.05, 3.63) is 53.2 Å². The number of hydrogen-bond donors (Lipinski definition) is 0. The largest absolute Gasteiger partial charge is 0.299 e. The molecule has 3 nitrogen and oxygen atoms in total. The third kappa shape index (κ3) is 14.4.